The minimum atomic E-state index is -0.357. The highest BCUT2D eigenvalue weighted by Crippen LogP contribution is 2.36. The van der Waals surface area contributed by atoms with E-state index in [2.05, 4.69) is 4.98 Å². The Balaban J connectivity index is 2.28. The number of aromatic nitrogens is 1. The molecule has 1 aromatic carbocycles. The third-order valence-electron chi connectivity index (χ3n) is 3.67. The van der Waals surface area contributed by atoms with Crippen LogP contribution in [0, 0.1) is 0 Å². The Morgan fingerprint density at radius 1 is 1.55 bits per heavy atom. The average Bonchev–Trinajstić information content (AvgIpc) is 2.85. The first kappa shape index (κ1) is 13.3. The molecule has 1 unspecified atom stereocenters. The number of aliphatic hydroxyl groups excluding tert-OH is 1. The maximum absolute atomic E-state index is 11.9. The van der Waals surface area contributed by atoms with E-state index in [0.29, 0.717) is 23.6 Å². The molecule has 1 fully saturated rings. The van der Waals surface area contributed by atoms with Gasteiger partial charge in [0.2, 0.25) is 0 Å². The van der Waals surface area contributed by atoms with Crippen LogP contribution in [0.15, 0.2) is 24.4 Å². The van der Waals surface area contributed by atoms with E-state index in [4.69, 9.17) is 11.6 Å². The molecule has 1 aliphatic rings. The molecule has 0 radical (unpaired) electrons. The highest BCUT2D eigenvalue weighted by molar-refractivity contribution is 6.36. The predicted octanol–water partition coefficient (Wildman–Crippen LogP) is 2.66. The van der Waals surface area contributed by atoms with Crippen molar-refractivity contribution in [1.82, 2.24) is 4.98 Å². The molecule has 1 aromatic heterocycles. The number of aliphatic hydroxyl groups is 1. The monoisotopic (exact) mass is 290 g/mol. The number of nitrogens with zero attached hydrogens (tertiary/aromatic N) is 2. The Morgan fingerprint density at radius 2 is 2.35 bits per heavy atom. The number of β-amino-alcohol motifs (C(OH)–C–C–N with tert-alkyl or cyclic N) is 1. The first-order valence-corrected chi connectivity index (χ1v) is 6.97. The lowest BCUT2D eigenvalue weighted by molar-refractivity contribution is 0.101. The number of benzene rings is 1. The van der Waals surface area contributed by atoms with Crippen LogP contribution in [0.1, 0.15) is 23.7 Å². The summed E-state index contributed by atoms with van der Waals surface area (Å²) in [5.41, 5.74) is 2.07. The lowest BCUT2D eigenvalue weighted by Gasteiger charge is -2.22. The third-order valence-corrected chi connectivity index (χ3v) is 3.99. The number of Topliss-reactive ketones (excluding diaryl/α,β-unsaturated/α-hetero) is 1. The minimum Gasteiger partial charge on any atom is -0.391 e. The molecule has 1 atom stereocenters. The first-order chi connectivity index (χ1) is 9.58. The van der Waals surface area contributed by atoms with Crippen molar-refractivity contribution < 1.29 is 9.90 Å². The smallest absolute Gasteiger partial charge is 0.162 e. The summed E-state index contributed by atoms with van der Waals surface area (Å²) in [5.74, 6) is -0.0455. The number of hydrogen-bond acceptors (Lipinski definition) is 4. The Bertz CT molecular complexity index is 687. The topological polar surface area (TPSA) is 53.4 Å². The summed E-state index contributed by atoms with van der Waals surface area (Å²) in [6, 6.07) is 5.42. The Morgan fingerprint density at radius 3 is 3.00 bits per heavy atom. The van der Waals surface area contributed by atoms with E-state index in [1.54, 1.807) is 12.3 Å². The van der Waals surface area contributed by atoms with E-state index >= 15 is 0 Å². The van der Waals surface area contributed by atoms with Crippen molar-refractivity contribution in [3.8, 4) is 0 Å². The minimum absolute atomic E-state index is 0.0455. The fourth-order valence-corrected chi connectivity index (χ4v) is 2.98. The molecule has 0 spiro atoms. The van der Waals surface area contributed by atoms with Crippen LogP contribution < -0.4 is 4.90 Å². The Kier molecular flexibility index (Phi) is 3.36. The average molecular weight is 291 g/mol. The second-order valence-corrected chi connectivity index (χ2v) is 5.51. The molecule has 1 saturated heterocycles. The summed E-state index contributed by atoms with van der Waals surface area (Å²) in [4.78, 5) is 18.3. The molecule has 2 aromatic rings. The van der Waals surface area contributed by atoms with E-state index < -0.39 is 0 Å². The van der Waals surface area contributed by atoms with Crippen LogP contribution in [0.2, 0.25) is 5.02 Å². The van der Waals surface area contributed by atoms with Crippen molar-refractivity contribution in [2.75, 3.05) is 18.0 Å². The van der Waals surface area contributed by atoms with E-state index in [1.165, 1.54) is 6.92 Å². The van der Waals surface area contributed by atoms with Crippen LogP contribution in [0.5, 0.6) is 0 Å². The van der Waals surface area contributed by atoms with Crippen LogP contribution in [-0.4, -0.2) is 35.1 Å². The number of ketones is 1. The molecule has 0 bridgehead atoms. The molecule has 3 rings (SSSR count). The maximum atomic E-state index is 11.9. The molecule has 2 heterocycles. The van der Waals surface area contributed by atoms with Crippen molar-refractivity contribution >= 4 is 34.0 Å². The maximum Gasteiger partial charge on any atom is 0.162 e. The number of carbonyl (C=O) groups excluding carboxylic acids is 1. The van der Waals surface area contributed by atoms with Gasteiger partial charge >= 0.3 is 0 Å². The van der Waals surface area contributed by atoms with Gasteiger partial charge in [-0.15, -0.1) is 0 Å². The molecule has 1 N–H and O–H groups in total. The Labute approximate surface area is 122 Å². The zero-order valence-corrected chi connectivity index (χ0v) is 11.9. The highest BCUT2D eigenvalue weighted by atomic mass is 35.5. The van der Waals surface area contributed by atoms with Crippen LogP contribution in [0.3, 0.4) is 0 Å². The lowest BCUT2D eigenvalue weighted by Crippen LogP contribution is -2.23. The van der Waals surface area contributed by atoms with Gasteiger partial charge in [0, 0.05) is 30.2 Å². The van der Waals surface area contributed by atoms with Crippen LogP contribution in [0.25, 0.3) is 10.9 Å². The summed E-state index contributed by atoms with van der Waals surface area (Å²) in [6.45, 7) is 2.76. The van der Waals surface area contributed by atoms with Crippen molar-refractivity contribution in [3.05, 3.63) is 35.0 Å². The van der Waals surface area contributed by atoms with Gasteiger partial charge in [-0.2, -0.15) is 0 Å². The van der Waals surface area contributed by atoms with Gasteiger partial charge in [0.25, 0.3) is 0 Å². The molecule has 20 heavy (non-hydrogen) atoms. The largest absolute Gasteiger partial charge is 0.391 e. The first-order valence-electron chi connectivity index (χ1n) is 6.59. The quantitative estimate of drug-likeness (QED) is 0.864. The van der Waals surface area contributed by atoms with Crippen molar-refractivity contribution in [3.63, 3.8) is 0 Å². The van der Waals surface area contributed by atoms with Gasteiger partial charge in [0.05, 0.1) is 22.3 Å². The molecule has 4 nitrogen and oxygen atoms in total. The molecule has 5 heteroatoms. The van der Waals surface area contributed by atoms with Gasteiger partial charge in [-0.05, 0) is 31.5 Å². The standard InChI is InChI=1S/C15H15ClN2O2/c1-9(19)12-7-13(16)11-3-2-5-17-14(11)15(12)18-6-4-10(20)8-18/h2-3,5,7,10,20H,4,6,8H2,1H3. The number of hydrogen-bond donors (Lipinski definition) is 1. The van der Waals surface area contributed by atoms with E-state index in [9.17, 15) is 9.90 Å². The lowest BCUT2D eigenvalue weighted by atomic mass is 10.0. The van der Waals surface area contributed by atoms with E-state index in [-0.39, 0.29) is 11.9 Å². The SMILES string of the molecule is CC(=O)c1cc(Cl)c2cccnc2c1N1CCC(O)C1. The number of pyridine rings is 1. The normalized spacial score (nSPS) is 18.8. The summed E-state index contributed by atoms with van der Waals surface area (Å²) < 4.78 is 0. The zero-order chi connectivity index (χ0) is 14.3. The summed E-state index contributed by atoms with van der Waals surface area (Å²) in [6.07, 6.45) is 2.04. The zero-order valence-electron chi connectivity index (χ0n) is 11.1. The van der Waals surface area contributed by atoms with E-state index in [0.717, 1.165) is 23.1 Å². The van der Waals surface area contributed by atoms with Crippen molar-refractivity contribution in [1.29, 1.82) is 0 Å². The predicted molar refractivity (Wildman–Crippen MR) is 79.6 cm³/mol. The number of anilines is 1. The number of fused-ring (bicyclic) bond motifs is 1. The highest BCUT2D eigenvalue weighted by Gasteiger charge is 2.26. The molecular formula is C15H15ClN2O2. The fourth-order valence-electron chi connectivity index (χ4n) is 2.72. The fraction of sp³-hybridized carbons (Fsp3) is 0.333. The molecule has 1 aliphatic heterocycles. The van der Waals surface area contributed by atoms with Crippen LogP contribution in [0.4, 0.5) is 5.69 Å². The summed E-state index contributed by atoms with van der Waals surface area (Å²) in [5, 5.41) is 11.1. The Hall–Kier alpha value is -1.65. The van der Waals surface area contributed by atoms with Crippen molar-refractivity contribution in [2.45, 2.75) is 19.4 Å². The van der Waals surface area contributed by atoms with E-state index in [1.807, 2.05) is 17.0 Å². The second kappa shape index (κ2) is 5.04. The molecular weight excluding hydrogens is 276 g/mol. The summed E-state index contributed by atoms with van der Waals surface area (Å²) in [7, 11) is 0. The van der Waals surface area contributed by atoms with Gasteiger partial charge in [0.1, 0.15) is 0 Å². The third kappa shape index (κ3) is 2.15. The van der Waals surface area contributed by atoms with Gasteiger partial charge in [-0.1, -0.05) is 11.6 Å². The number of halogens is 1. The molecule has 0 amide bonds. The molecule has 104 valence electrons. The van der Waals surface area contributed by atoms with Gasteiger partial charge in [0.15, 0.2) is 5.78 Å². The van der Waals surface area contributed by atoms with Gasteiger partial charge < -0.3 is 10.0 Å². The van der Waals surface area contributed by atoms with Crippen LogP contribution >= 0.6 is 11.6 Å². The second-order valence-electron chi connectivity index (χ2n) is 5.10. The number of rotatable bonds is 2. The summed E-state index contributed by atoms with van der Waals surface area (Å²) >= 11 is 6.25. The van der Waals surface area contributed by atoms with Crippen molar-refractivity contribution in [2.24, 2.45) is 0 Å². The van der Waals surface area contributed by atoms with Crippen LogP contribution in [-0.2, 0) is 0 Å². The van der Waals surface area contributed by atoms with Gasteiger partial charge in [-0.25, -0.2) is 0 Å². The number of carbonyl (C=O) groups is 1. The molecule has 0 aliphatic carbocycles. The molecule has 0 saturated carbocycles. The van der Waals surface area contributed by atoms with Gasteiger partial charge in [-0.3, -0.25) is 9.78 Å².